The molecule has 2 atom stereocenters. The van der Waals surface area contributed by atoms with Crippen molar-refractivity contribution in [1.29, 1.82) is 0 Å². The number of rotatable bonds is 3. The second-order valence-electron chi connectivity index (χ2n) is 4.65. The molecule has 1 nitrogen and oxygen atoms in total. The van der Waals surface area contributed by atoms with Gasteiger partial charge in [-0.3, -0.25) is 4.99 Å². The van der Waals surface area contributed by atoms with E-state index in [1.54, 1.807) is 0 Å². The molecular formula is C16H14BrN. The number of hydrogen-bond acceptors (Lipinski definition) is 1. The monoisotopic (exact) mass is 299 g/mol. The summed E-state index contributed by atoms with van der Waals surface area (Å²) in [6.45, 7) is 0. The molecule has 0 aliphatic heterocycles. The zero-order valence-corrected chi connectivity index (χ0v) is 11.5. The van der Waals surface area contributed by atoms with E-state index in [1.165, 1.54) is 12.0 Å². The third kappa shape index (κ3) is 2.70. The Hall–Kier alpha value is -1.41. The first-order valence-corrected chi connectivity index (χ1v) is 6.96. The molecule has 0 unspecified atom stereocenters. The van der Waals surface area contributed by atoms with E-state index < -0.39 is 0 Å². The van der Waals surface area contributed by atoms with Crippen LogP contribution >= 0.6 is 15.9 Å². The molecule has 90 valence electrons. The van der Waals surface area contributed by atoms with Gasteiger partial charge in [0.15, 0.2) is 0 Å². The van der Waals surface area contributed by atoms with Gasteiger partial charge in [0.1, 0.15) is 0 Å². The Morgan fingerprint density at radius 1 is 1.00 bits per heavy atom. The second-order valence-corrected chi connectivity index (χ2v) is 5.57. The van der Waals surface area contributed by atoms with Crippen molar-refractivity contribution >= 4 is 22.1 Å². The highest BCUT2D eigenvalue weighted by molar-refractivity contribution is 9.10. The Morgan fingerprint density at radius 2 is 1.72 bits per heavy atom. The first-order valence-electron chi connectivity index (χ1n) is 6.16. The average molecular weight is 300 g/mol. The molecule has 1 aliphatic carbocycles. The molecular weight excluding hydrogens is 286 g/mol. The van der Waals surface area contributed by atoms with Crippen molar-refractivity contribution in [2.24, 2.45) is 4.99 Å². The quantitative estimate of drug-likeness (QED) is 0.744. The SMILES string of the molecule is Brc1ccc(C=N[C@H]2C[C@H]2c2ccccc2)cc1. The van der Waals surface area contributed by atoms with Gasteiger partial charge in [-0.15, -0.1) is 0 Å². The van der Waals surface area contributed by atoms with Crippen molar-refractivity contribution in [3.8, 4) is 0 Å². The summed E-state index contributed by atoms with van der Waals surface area (Å²) in [5.41, 5.74) is 2.58. The maximum atomic E-state index is 4.65. The average Bonchev–Trinajstić information content (AvgIpc) is 3.19. The van der Waals surface area contributed by atoms with Crippen molar-refractivity contribution in [2.45, 2.75) is 18.4 Å². The Labute approximate surface area is 116 Å². The zero-order chi connectivity index (χ0) is 12.4. The van der Waals surface area contributed by atoms with E-state index in [1.807, 2.05) is 18.3 Å². The minimum Gasteiger partial charge on any atom is -0.289 e. The van der Waals surface area contributed by atoms with E-state index in [4.69, 9.17) is 0 Å². The molecule has 2 heteroatoms. The molecule has 3 rings (SSSR count). The lowest BCUT2D eigenvalue weighted by atomic mass is 10.1. The Kier molecular flexibility index (Phi) is 3.28. The highest BCUT2D eigenvalue weighted by Crippen LogP contribution is 2.43. The number of halogens is 1. The van der Waals surface area contributed by atoms with Crippen LogP contribution in [0.2, 0.25) is 0 Å². The van der Waals surface area contributed by atoms with Crippen LogP contribution in [0.1, 0.15) is 23.5 Å². The predicted molar refractivity (Wildman–Crippen MR) is 79.3 cm³/mol. The van der Waals surface area contributed by atoms with Crippen LogP contribution < -0.4 is 0 Å². The summed E-state index contributed by atoms with van der Waals surface area (Å²) in [6.07, 6.45) is 3.16. The van der Waals surface area contributed by atoms with Gasteiger partial charge >= 0.3 is 0 Å². The van der Waals surface area contributed by atoms with Crippen LogP contribution in [0.4, 0.5) is 0 Å². The van der Waals surface area contributed by atoms with Crippen molar-refractivity contribution in [3.63, 3.8) is 0 Å². The van der Waals surface area contributed by atoms with Gasteiger partial charge in [-0.1, -0.05) is 58.4 Å². The minimum atomic E-state index is 0.469. The number of hydrogen-bond donors (Lipinski definition) is 0. The minimum absolute atomic E-state index is 0.469. The molecule has 0 aromatic heterocycles. The van der Waals surface area contributed by atoms with Crippen molar-refractivity contribution in [3.05, 3.63) is 70.2 Å². The van der Waals surface area contributed by atoms with Crippen LogP contribution in [-0.4, -0.2) is 12.3 Å². The van der Waals surface area contributed by atoms with Gasteiger partial charge in [0.05, 0.1) is 6.04 Å². The highest BCUT2D eigenvalue weighted by atomic mass is 79.9. The Morgan fingerprint density at radius 3 is 2.44 bits per heavy atom. The summed E-state index contributed by atoms with van der Waals surface area (Å²) >= 11 is 3.43. The fraction of sp³-hybridized carbons (Fsp3) is 0.188. The second kappa shape index (κ2) is 5.07. The van der Waals surface area contributed by atoms with Crippen molar-refractivity contribution in [1.82, 2.24) is 0 Å². The van der Waals surface area contributed by atoms with Gasteiger partial charge in [-0.25, -0.2) is 0 Å². The fourth-order valence-corrected chi connectivity index (χ4v) is 2.40. The van der Waals surface area contributed by atoms with Crippen molar-refractivity contribution < 1.29 is 0 Å². The number of benzene rings is 2. The number of aliphatic imine (C=N–C) groups is 1. The molecule has 2 aromatic rings. The van der Waals surface area contributed by atoms with Crippen LogP contribution in [0.3, 0.4) is 0 Å². The lowest BCUT2D eigenvalue weighted by molar-refractivity contribution is 0.995. The van der Waals surface area contributed by atoms with E-state index in [2.05, 4.69) is 63.4 Å². The van der Waals surface area contributed by atoms with Gasteiger partial charge in [-0.05, 0) is 29.7 Å². The fourth-order valence-electron chi connectivity index (χ4n) is 2.14. The maximum Gasteiger partial charge on any atom is 0.0575 e. The first-order chi connectivity index (χ1) is 8.83. The van der Waals surface area contributed by atoms with Crippen LogP contribution in [0.15, 0.2) is 64.1 Å². The summed E-state index contributed by atoms with van der Waals surface area (Å²) < 4.78 is 1.10. The third-order valence-corrected chi connectivity index (χ3v) is 3.80. The third-order valence-electron chi connectivity index (χ3n) is 3.27. The van der Waals surface area contributed by atoms with Crippen LogP contribution in [0.5, 0.6) is 0 Å². The van der Waals surface area contributed by atoms with E-state index in [0.717, 1.165) is 10.0 Å². The standard InChI is InChI=1S/C16H14BrN/c17-14-8-6-12(7-9-14)11-18-16-10-15(16)13-4-2-1-3-5-13/h1-9,11,15-16H,10H2/t15-,16-/m0/s1. The van der Waals surface area contributed by atoms with Gasteiger partial charge in [-0.2, -0.15) is 0 Å². The van der Waals surface area contributed by atoms with Gasteiger partial charge in [0, 0.05) is 16.6 Å². The number of nitrogens with zero attached hydrogens (tertiary/aromatic N) is 1. The largest absolute Gasteiger partial charge is 0.289 e. The van der Waals surface area contributed by atoms with Crippen molar-refractivity contribution in [2.75, 3.05) is 0 Å². The topological polar surface area (TPSA) is 12.4 Å². The highest BCUT2D eigenvalue weighted by Gasteiger charge is 2.37. The molecule has 1 saturated carbocycles. The molecule has 1 fully saturated rings. The molecule has 0 saturated heterocycles. The molecule has 0 amide bonds. The smallest absolute Gasteiger partial charge is 0.0575 e. The lowest BCUT2D eigenvalue weighted by Crippen LogP contribution is -1.87. The van der Waals surface area contributed by atoms with Crippen LogP contribution in [0, 0.1) is 0 Å². The van der Waals surface area contributed by atoms with E-state index in [-0.39, 0.29) is 0 Å². The van der Waals surface area contributed by atoms with Gasteiger partial charge in [0.25, 0.3) is 0 Å². The molecule has 18 heavy (non-hydrogen) atoms. The maximum absolute atomic E-state index is 4.65. The normalized spacial score (nSPS) is 22.3. The molecule has 0 radical (unpaired) electrons. The zero-order valence-electron chi connectivity index (χ0n) is 9.96. The molecule has 0 spiro atoms. The first kappa shape index (κ1) is 11.7. The molecule has 0 heterocycles. The summed E-state index contributed by atoms with van der Waals surface area (Å²) in [4.78, 5) is 4.65. The summed E-state index contributed by atoms with van der Waals surface area (Å²) in [7, 11) is 0. The van der Waals surface area contributed by atoms with E-state index in [9.17, 15) is 0 Å². The van der Waals surface area contributed by atoms with Gasteiger partial charge in [0.2, 0.25) is 0 Å². The Bertz CT molecular complexity index is 545. The summed E-state index contributed by atoms with van der Waals surface area (Å²) in [6, 6.07) is 19.4. The van der Waals surface area contributed by atoms with E-state index >= 15 is 0 Å². The Balaban J connectivity index is 1.64. The van der Waals surface area contributed by atoms with Crippen LogP contribution in [-0.2, 0) is 0 Å². The van der Waals surface area contributed by atoms with Crippen LogP contribution in [0.25, 0.3) is 0 Å². The molecule has 0 bridgehead atoms. The molecule has 2 aromatic carbocycles. The summed E-state index contributed by atoms with van der Waals surface area (Å²) in [5.74, 6) is 0.623. The molecule has 1 aliphatic rings. The summed E-state index contributed by atoms with van der Waals surface area (Å²) in [5, 5.41) is 0. The predicted octanol–water partition coefficient (Wildman–Crippen LogP) is 4.42. The van der Waals surface area contributed by atoms with E-state index in [0.29, 0.717) is 12.0 Å². The van der Waals surface area contributed by atoms with Gasteiger partial charge < -0.3 is 0 Å². The lowest BCUT2D eigenvalue weighted by Gasteiger charge is -1.96. The molecule has 0 N–H and O–H groups in total.